The Balaban J connectivity index is 1.33. The lowest BCUT2D eigenvalue weighted by Crippen LogP contribution is -2.51. The standard InChI is InChI=1S/C28H29F5N6O2/c29-15-9-27(6-1-7-39(27)11-15)14-41-26-36-24-20(25(37-26)38-12-16-2-3-17(13-38)35-16)10-34-23(22(24)30)19-8-18(40)4-5-21(19)28(31,32)33/h4-5,8,10,15-17,35,40H,1-3,6-7,9,11-14H2/t15-,16-,17+,27+/m1/s1/i15D. The highest BCUT2D eigenvalue weighted by Crippen LogP contribution is 2.42. The zero-order valence-electron chi connectivity index (χ0n) is 23.0. The van der Waals surface area contributed by atoms with Crippen LogP contribution in [0.4, 0.5) is 27.8 Å². The summed E-state index contributed by atoms with van der Waals surface area (Å²) in [5.74, 6) is -1.23. The molecule has 3 aromatic rings. The monoisotopic (exact) mass is 577 g/mol. The molecule has 0 spiro atoms. The lowest BCUT2D eigenvalue weighted by atomic mass is 9.95. The third kappa shape index (κ3) is 4.62. The van der Waals surface area contributed by atoms with Crippen molar-refractivity contribution in [1.29, 1.82) is 0 Å². The Bertz CT molecular complexity index is 1550. The Morgan fingerprint density at radius 2 is 1.95 bits per heavy atom. The summed E-state index contributed by atoms with van der Waals surface area (Å²) in [6.07, 6.45) is -2.33. The summed E-state index contributed by atoms with van der Waals surface area (Å²) in [6, 6.07) is 2.61. The van der Waals surface area contributed by atoms with Crippen LogP contribution in [0.5, 0.6) is 11.8 Å². The molecule has 13 heteroatoms. The molecule has 0 aliphatic carbocycles. The average Bonchev–Trinajstić information content (AvgIpc) is 3.54. The summed E-state index contributed by atoms with van der Waals surface area (Å²) in [7, 11) is 0. The van der Waals surface area contributed by atoms with E-state index in [2.05, 4.69) is 20.3 Å². The maximum Gasteiger partial charge on any atom is 0.417 e. The molecule has 0 unspecified atom stereocenters. The van der Waals surface area contributed by atoms with Gasteiger partial charge in [-0.1, -0.05) is 0 Å². The number of benzene rings is 1. The largest absolute Gasteiger partial charge is 0.508 e. The number of aromatic hydroxyl groups is 1. The summed E-state index contributed by atoms with van der Waals surface area (Å²) < 4.78 is 86.4. The van der Waals surface area contributed by atoms with Crippen molar-refractivity contribution in [1.82, 2.24) is 25.2 Å². The summed E-state index contributed by atoms with van der Waals surface area (Å²) in [4.78, 5) is 16.9. The highest BCUT2D eigenvalue weighted by molar-refractivity contribution is 5.92. The van der Waals surface area contributed by atoms with Gasteiger partial charge in [-0.05, 0) is 50.4 Å². The molecule has 4 aliphatic heterocycles. The predicted octanol–water partition coefficient (Wildman–Crippen LogP) is 4.45. The van der Waals surface area contributed by atoms with Crippen molar-refractivity contribution in [3.05, 3.63) is 35.8 Å². The molecule has 0 amide bonds. The molecule has 7 rings (SSSR count). The predicted molar refractivity (Wildman–Crippen MR) is 140 cm³/mol. The van der Waals surface area contributed by atoms with Gasteiger partial charge in [-0.2, -0.15) is 23.1 Å². The van der Waals surface area contributed by atoms with Gasteiger partial charge in [0, 0.05) is 49.9 Å². The number of anilines is 1. The van der Waals surface area contributed by atoms with Crippen LogP contribution in [-0.4, -0.2) is 81.5 Å². The van der Waals surface area contributed by atoms with Gasteiger partial charge in [0.15, 0.2) is 5.82 Å². The third-order valence-electron chi connectivity index (χ3n) is 8.82. The minimum Gasteiger partial charge on any atom is -0.508 e. The Labute approximate surface area is 233 Å². The number of hydrogen-bond donors (Lipinski definition) is 2. The van der Waals surface area contributed by atoms with E-state index in [1.54, 1.807) is 0 Å². The molecular weight excluding hydrogens is 547 g/mol. The number of nitrogens with zero attached hydrogens (tertiary/aromatic N) is 5. The Morgan fingerprint density at radius 1 is 1.17 bits per heavy atom. The fourth-order valence-corrected chi connectivity index (χ4v) is 6.93. The highest BCUT2D eigenvalue weighted by Gasteiger charge is 2.49. The molecule has 8 nitrogen and oxygen atoms in total. The van der Waals surface area contributed by atoms with Crippen LogP contribution in [0, 0.1) is 5.82 Å². The number of phenolic OH excluding ortho intramolecular Hbond substituents is 1. The maximum atomic E-state index is 16.2. The maximum absolute atomic E-state index is 16.2. The first kappa shape index (κ1) is 25.4. The van der Waals surface area contributed by atoms with Crippen LogP contribution in [0.15, 0.2) is 24.4 Å². The number of fused-ring (bicyclic) bond motifs is 4. The lowest BCUT2D eigenvalue weighted by Gasteiger charge is -2.34. The van der Waals surface area contributed by atoms with Gasteiger partial charge in [-0.3, -0.25) is 9.88 Å². The molecule has 2 aromatic heterocycles. The van der Waals surface area contributed by atoms with Crippen molar-refractivity contribution in [2.24, 2.45) is 0 Å². The number of rotatable bonds is 5. The minimum absolute atomic E-state index is 0.0142. The fourth-order valence-electron chi connectivity index (χ4n) is 6.93. The van der Waals surface area contributed by atoms with E-state index in [-0.39, 0.29) is 48.6 Å². The molecule has 41 heavy (non-hydrogen) atoms. The molecule has 2 N–H and O–H groups in total. The number of pyridine rings is 1. The molecule has 4 saturated heterocycles. The van der Waals surface area contributed by atoms with Gasteiger partial charge in [0.1, 0.15) is 35.5 Å². The van der Waals surface area contributed by atoms with E-state index < -0.39 is 46.3 Å². The molecule has 4 fully saturated rings. The van der Waals surface area contributed by atoms with Crippen LogP contribution in [0.2, 0.25) is 0 Å². The van der Waals surface area contributed by atoms with E-state index in [1.807, 2.05) is 9.80 Å². The number of nitrogens with one attached hydrogen (secondary N) is 1. The second-order valence-corrected chi connectivity index (χ2v) is 11.5. The topological polar surface area (TPSA) is 86.6 Å². The summed E-state index contributed by atoms with van der Waals surface area (Å²) in [5, 5.41) is 13.7. The second kappa shape index (κ2) is 9.62. The van der Waals surface area contributed by atoms with Gasteiger partial charge in [0.05, 0.1) is 17.9 Å². The van der Waals surface area contributed by atoms with Crippen LogP contribution in [0.3, 0.4) is 0 Å². The molecule has 0 radical (unpaired) electrons. The first-order chi connectivity index (χ1) is 19.9. The van der Waals surface area contributed by atoms with Crippen LogP contribution < -0.4 is 15.0 Å². The van der Waals surface area contributed by atoms with Gasteiger partial charge >= 0.3 is 12.2 Å². The van der Waals surface area contributed by atoms with E-state index in [4.69, 9.17) is 6.11 Å². The molecule has 1 aromatic carbocycles. The molecular formula is C28H29F5N6O2. The Hall–Kier alpha value is -3.32. The van der Waals surface area contributed by atoms with Crippen LogP contribution >= 0.6 is 0 Å². The fraction of sp³-hybridized carbons (Fsp3) is 0.536. The van der Waals surface area contributed by atoms with Crippen LogP contribution in [-0.2, 0) is 6.18 Å². The van der Waals surface area contributed by atoms with Crippen molar-refractivity contribution < 1.29 is 33.2 Å². The Morgan fingerprint density at radius 3 is 2.71 bits per heavy atom. The van der Waals surface area contributed by atoms with E-state index in [1.165, 1.54) is 6.20 Å². The quantitative estimate of drug-likeness (QED) is 0.431. The average molecular weight is 578 g/mol. The zero-order chi connectivity index (χ0) is 29.4. The number of alkyl halides is 4. The second-order valence-electron chi connectivity index (χ2n) is 11.5. The Kier molecular flexibility index (Phi) is 5.96. The first-order valence-corrected chi connectivity index (χ1v) is 13.8. The van der Waals surface area contributed by atoms with Crippen LogP contribution in [0.25, 0.3) is 22.2 Å². The molecule has 6 heterocycles. The van der Waals surface area contributed by atoms with E-state index >= 15 is 4.39 Å². The summed E-state index contributed by atoms with van der Waals surface area (Å²) in [6.45, 7) is 1.75. The summed E-state index contributed by atoms with van der Waals surface area (Å²) >= 11 is 0. The molecule has 218 valence electrons. The van der Waals surface area contributed by atoms with Crippen molar-refractivity contribution in [2.75, 3.05) is 37.7 Å². The molecule has 0 saturated carbocycles. The van der Waals surface area contributed by atoms with E-state index in [0.29, 0.717) is 37.9 Å². The number of aromatic nitrogens is 3. The lowest BCUT2D eigenvalue weighted by molar-refractivity contribution is -0.137. The van der Waals surface area contributed by atoms with E-state index in [9.17, 15) is 22.7 Å². The molecule has 2 bridgehead atoms. The molecule has 4 aliphatic rings. The van der Waals surface area contributed by atoms with Crippen molar-refractivity contribution >= 4 is 16.7 Å². The third-order valence-corrected chi connectivity index (χ3v) is 8.82. The zero-order valence-corrected chi connectivity index (χ0v) is 22.0. The van der Waals surface area contributed by atoms with Crippen molar-refractivity contribution in [3.8, 4) is 23.0 Å². The van der Waals surface area contributed by atoms with Gasteiger partial charge in [-0.15, -0.1) is 0 Å². The number of ether oxygens (including phenoxy) is 1. The number of hydrogen-bond acceptors (Lipinski definition) is 8. The highest BCUT2D eigenvalue weighted by atomic mass is 19.4. The van der Waals surface area contributed by atoms with Crippen molar-refractivity contribution in [2.45, 2.75) is 62.1 Å². The smallest absolute Gasteiger partial charge is 0.417 e. The first-order valence-electron chi connectivity index (χ1n) is 14.3. The molecule has 4 atom stereocenters. The van der Waals surface area contributed by atoms with Crippen LogP contribution in [0.1, 0.15) is 39.0 Å². The van der Waals surface area contributed by atoms with Gasteiger partial charge < -0.3 is 20.1 Å². The van der Waals surface area contributed by atoms with Gasteiger partial charge in [0.25, 0.3) is 0 Å². The number of piperazine rings is 1. The van der Waals surface area contributed by atoms with E-state index in [0.717, 1.165) is 31.4 Å². The van der Waals surface area contributed by atoms with Crippen molar-refractivity contribution in [3.63, 3.8) is 0 Å². The summed E-state index contributed by atoms with van der Waals surface area (Å²) in [5.41, 5.74) is -3.37. The van der Waals surface area contributed by atoms with Gasteiger partial charge in [0.2, 0.25) is 0 Å². The number of phenols is 1. The number of halogens is 5. The normalized spacial score (nSPS) is 30.2. The minimum atomic E-state index is -4.82. The SMILES string of the molecule is [2H][C@]1(F)CN2CCC[C@@]2(COc2nc(N3C[C@H]4CC[C@@H](C3)N4)c3cnc(-c4cc(O)ccc4C(F)(F)F)c(F)c3n2)C1. The van der Waals surface area contributed by atoms with Gasteiger partial charge in [-0.25, -0.2) is 8.78 Å².